The van der Waals surface area contributed by atoms with Crippen molar-refractivity contribution in [1.82, 2.24) is 4.98 Å². The van der Waals surface area contributed by atoms with Crippen LogP contribution in [0.5, 0.6) is 0 Å². The van der Waals surface area contributed by atoms with Crippen LogP contribution in [0.1, 0.15) is 32.4 Å². The maximum atomic E-state index is 8.82. The van der Waals surface area contributed by atoms with Crippen LogP contribution in [0.25, 0.3) is 0 Å². The minimum absolute atomic E-state index is 0.0661. The van der Waals surface area contributed by atoms with Crippen molar-refractivity contribution in [2.45, 2.75) is 32.7 Å². The number of hydrogen-bond donors (Lipinski definition) is 2. The van der Waals surface area contributed by atoms with Gasteiger partial charge >= 0.3 is 0 Å². The van der Waals surface area contributed by atoms with E-state index < -0.39 is 0 Å². The molecule has 18 heavy (non-hydrogen) atoms. The first-order valence-electron chi connectivity index (χ1n) is 6.33. The summed E-state index contributed by atoms with van der Waals surface area (Å²) in [6, 6.07) is 4.31. The topological polar surface area (TPSA) is 74.7 Å². The van der Waals surface area contributed by atoms with E-state index in [0.717, 1.165) is 31.0 Å². The van der Waals surface area contributed by atoms with Crippen molar-refractivity contribution >= 4 is 11.5 Å². The molecule has 0 amide bonds. The van der Waals surface area contributed by atoms with Crippen LogP contribution >= 0.6 is 0 Å². The number of pyridine rings is 1. The smallest absolute Gasteiger partial charge is 0.190 e. The first-order valence-corrected chi connectivity index (χ1v) is 6.33. The Morgan fingerprint density at radius 3 is 3.00 bits per heavy atom. The van der Waals surface area contributed by atoms with E-state index in [9.17, 15) is 0 Å². The van der Waals surface area contributed by atoms with Gasteiger partial charge in [-0.05, 0) is 37.8 Å². The Hall–Kier alpha value is -1.78. The lowest BCUT2D eigenvalue weighted by molar-refractivity contribution is 0.318. The summed E-state index contributed by atoms with van der Waals surface area (Å²) < 4.78 is 0. The molecule has 98 valence electrons. The normalized spacial score (nSPS) is 25.2. The van der Waals surface area contributed by atoms with Crippen LogP contribution in [-0.2, 0) is 0 Å². The van der Waals surface area contributed by atoms with Crippen molar-refractivity contribution in [3.05, 3.63) is 24.0 Å². The molecule has 5 nitrogen and oxygen atoms in total. The van der Waals surface area contributed by atoms with E-state index in [-0.39, 0.29) is 5.84 Å². The van der Waals surface area contributed by atoms with E-state index in [0.29, 0.717) is 11.7 Å². The Morgan fingerprint density at radius 1 is 1.56 bits per heavy atom. The highest BCUT2D eigenvalue weighted by Crippen LogP contribution is 2.29. The summed E-state index contributed by atoms with van der Waals surface area (Å²) in [7, 11) is 0. The number of aromatic nitrogens is 1. The first-order chi connectivity index (χ1) is 8.63. The van der Waals surface area contributed by atoms with Crippen LogP contribution in [0, 0.1) is 5.92 Å². The van der Waals surface area contributed by atoms with Crippen LogP contribution in [0.3, 0.4) is 0 Å². The third kappa shape index (κ3) is 2.39. The highest BCUT2D eigenvalue weighted by Gasteiger charge is 2.25. The molecule has 1 aromatic rings. The molecule has 0 saturated carbocycles. The highest BCUT2D eigenvalue weighted by atomic mass is 16.4. The molecule has 1 aromatic heterocycles. The van der Waals surface area contributed by atoms with Crippen LogP contribution in [0.4, 0.5) is 5.69 Å². The van der Waals surface area contributed by atoms with Crippen molar-refractivity contribution in [2.24, 2.45) is 16.8 Å². The predicted octanol–water partition coefficient (Wildman–Crippen LogP) is 1.80. The zero-order valence-corrected chi connectivity index (χ0v) is 10.9. The molecule has 1 saturated heterocycles. The van der Waals surface area contributed by atoms with Crippen molar-refractivity contribution < 1.29 is 5.21 Å². The van der Waals surface area contributed by atoms with E-state index in [1.54, 1.807) is 6.20 Å². The summed E-state index contributed by atoms with van der Waals surface area (Å²) in [6.45, 7) is 5.47. The fourth-order valence-electron chi connectivity index (χ4n) is 2.64. The number of amidine groups is 1. The second-order valence-electron chi connectivity index (χ2n) is 5.03. The van der Waals surface area contributed by atoms with Crippen molar-refractivity contribution in [3.63, 3.8) is 0 Å². The summed E-state index contributed by atoms with van der Waals surface area (Å²) in [4.78, 5) is 6.51. The molecule has 2 rings (SSSR count). The SMILES string of the molecule is CC1CCN(c2cccnc2/C(N)=N/O)C(C)C1. The lowest BCUT2D eigenvalue weighted by Crippen LogP contribution is -2.41. The van der Waals surface area contributed by atoms with Gasteiger partial charge in [0.25, 0.3) is 0 Å². The van der Waals surface area contributed by atoms with E-state index in [2.05, 4.69) is 28.9 Å². The lowest BCUT2D eigenvalue weighted by Gasteiger charge is -2.38. The standard InChI is InChI=1S/C13H20N4O/c1-9-5-7-17(10(2)8-9)11-4-3-6-15-12(11)13(14)16-18/h3-4,6,9-10,18H,5,7-8H2,1-2H3,(H2,14,16). The maximum absolute atomic E-state index is 8.82. The van der Waals surface area contributed by atoms with Gasteiger partial charge in [0.15, 0.2) is 5.84 Å². The van der Waals surface area contributed by atoms with Crippen LogP contribution in [-0.4, -0.2) is 28.6 Å². The van der Waals surface area contributed by atoms with Gasteiger partial charge < -0.3 is 15.8 Å². The van der Waals surface area contributed by atoms with Gasteiger partial charge in [-0.2, -0.15) is 0 Å². The first kappa shape index (κ1) is 12.7. The van der Waals surface area contributed by atoms with E-state index >= 15 is 0 Å². The Bertz CT molecular complexity index is 446. The molecule has 0 bridgehead atoms. The molecule has 2 unspecified atom stereocenters. The number of nitrogens with zero attached hydrogens (tertiary/aromatic N) is 3. The Balaban J connectivity index is 2.33. The molecular formula is C13H20N4O. The molecule has 0 radical (unpaired) electrons. The van der Waals surface area contributed by atoms with E-state index in [4.69, 9.17) is 10.9 Å². The average molecular weight is 248 g/mol. The minimum Gasteiger partial charge on any atom is -0.409 e. The third-order valence-electron chi connectivity index (χ3n) is 3.58. The number of nitrogens with two attached hydrogens (primary N) is 1. The minimum atomic E-state index is 0.0661. The van der Waals surface area contributed by atoms with Gasteiger partial charge in [0.2, 0.25) is 0 Å². The maximum Gasteiger partial charge on any atom is 0.190 e. The number of piperidine rings is 1. The summed E-state index contributed by atoms with van der Waals surface area (Å²) in [5.41, 5.74) is 7.19. The van der Waals surface area contributed by atoms with E-state index in [1.807, 2.05) is 12.1 Å². The molecule has 1 aliphatic heterocycles. The van der Waals surface area contributed by atoms with E-state index in [1.165, 1.54) is 0 Å². The summed E-state index contributed by atoms with van der Waals surface area (Å²) in [5, 5.41) is 11.9. The summed E-state index contributed by atoms with van der Waals surface area (Å²) in [6.07, 6.45) is 3.98. The number of anilines is 1. The zero-order valence-electron chi connectivity index (χ0n) is 10.9. The van der Waals surface area contributed by atoms with Gasteiger partial charge in [-0.3, -0.25) is 4.98 Å². The number of rotatable bonds is 2. The molecule has 1 fully saturated rings. The fraction of sp³-hybridized carbons (Fsp3) is 0.538. The van der Waals surface area contributed by atoms with Crippen molar-refractivity contribution in [3.8, 4) is 0 Å². The van der Waals surface area contributed by atoms with Gasteiger partial charge in [0.05, 0.1) is 5.69 Å². The Morgan fingerprint density at radius 2 is 2.33 bits per heavy atom. The number of oxime groups is 1. The van der Waals surface area contributed by atoms with Crippen LogP contribution in [0.15, 0.2) is 23.5 Å². The molecule has 0 aromatic carbocycles. The second kappa shape index (κ2) is 5.25. The molecule has 3 N–H and O–H groups in total. The Kier molecular flexibility index (Phi) is 3.69. The zero-order chi connectivity index (χ0) is 13.1. The van der Waals surface area contributed by atoms with Gasteiger partial charge in [0.1, 0.15) is 5.69 Å². The Labute approximate surface area is 107 Å². The van der Waals surface area contributed by atoms with Gasteiger partial charge in [-0.1, -0.05) is 12.1 Å². The van der Waals surface area contributed by atoms with Crippen molar-refractivity contribution in [2.75, 3.05) is 11.4 Å². The summed E-state index contributed by atoms with van der Waals surface area (Å²) >= 11 is 0. The van der Waals surface area contributed by atoms with Gasteiger partial charge in [-0.25, -0.2) is 0 Å². The molecule has 0 aliphatic carbocycles. The third-order valence-corrected chi connectivity index (χ3v) is 3.58. The molecule has 0 spiro atoms. The predicted molar refractivity (Wildman–Crippen MR) is 72.0 cm³/mol. The quantitative estimate of drug-likeness (QED) is 0.362. The van der Waals surface area contributed by atoms with Gasteiger partial charge in [0, 0.05) is 18.8 Å². The molecule has 2 atom stereocenters. The molecule has 5 heteroatoms. The second-order valence-corrected chi connectivity index (χ2v) is 5.03. The fourth-order valence-corrected chi connectivity index (χ4v) is 2.64. The highest BCUT2D eigenvalue weighted by molar-refractivity contribution is 6.00. The van der Waals surface area contributed by atoms with Crippen molar-refractivity contribution in [1.29, 1.82) is 0 Å². The van der Waals surface area contributed by atoms with Gasteiger partial charge in [-0.15, -0.1) is 0 Å². The number of hydrogen-bond acceptors (Lipinski definition) is 4. The molecular weight excluding hydrogens is 228 g/mol. The average Bonchev–Trinajstić information content (AvgIpc) is 2.38. The molecule has 2 heterocycles. The lowest BCUT2D eigenvalue weighted by atomic mass is 9.93. The largest absolute Gasteiger partial charge is 0.409 e. The van der Waals surface area contributed by atoms with Crippen LogP contribution in [0.2, 0.25) is 0 Å². The molecule has 1 aliphatic rings. The van der Waals surface area contributed by atoms with Crippen LogP contribution < -0.4 is 10.6 Å². The monoisotopic (exact) mass is 248 g/mol. The summed E-state index contributed by atoms with van der Waals surface area (Å²) in [5.74, 6) is 0.816.